The Balaban J connectivity index is 1.92. The molecule has 0 unspecified atom stereocenters. The van der Waals surface area contributed by atoms with Crippen LogP contribution in [-0.4, -0.2) is 24.5 Å². The van der Waals surface area contributed by atoms with Gasteiger partial charge in [0.15, 0.2) is 0 Å². The molecule has 0 aromatic rings. The topological polar surface area (TPSA) is 3.24 Å². The van der Waals surface area contributed by atoms with E-state index in [1.807, 2.05) is 0 Å². The lowest BCUT2D eigenvalue weighted by Crippen LogP contribution is -2.30. The van der Waals surface area contributed by atoms with E-state index in [9.17, 15) is 0 Å². The van der Waals surface area contributed by atoms with Gasteiger partial charge in [-0.1, -0.05) is 26.7 Å². The van der Waals surface area contributed by atoms with Crippen molar-refractivity contribution in [3.05, 3.63) is 0 Å². The van der Waals surface area contributed by atoms with Crippen molar-refractivity contribution >= 4 is 0 Å². The number of likely N-dealkylation sites (tertiary alicyclic amines) is 1. The lowest BCUT2D eigenvalue weighted by Gasteiger charge is -2.36. The Morgan fingerprint density at radius 3 is 2.46 bits per heavy atom. The molecule has 0 radical (unpaired) electrons. The van der Waals surface area contributed by atoms with Gasteiger partial charge in [-0.05, 0) is 43.7 Å². The second-order valence-electron chi connectivity index (χ2n) is 5.30. The summed E-state index contributed by atoms with van der Waals surface area (Å²) in [6.07, 6.45) is 7.46. The quantitative estimate of drug-likeness (QED) is 0.601. The first-order valence-corrected chi connectivity index (χ1v) is 5.96. The van der Waals surface area contributed by atoms with Gasteiger partial charge in [0, 0.05) is 6.54 Å². The molecule has 1 saturated heterocycles. The van der Waals surface area contributed by atoms with Gasteiger partial charge in [-0.3, -0.25) is 0 Å². The molecule has 1 aliphatic heterocycles. The molecule has 13 heavy (non-hydrogen) atoms. The second kappa shape index (κ2) is 3.61. The average Bonchev–Trinajstić information content (AvgIpc) is 2.55. The maximum atomic E-state index is 2.63. The minimum absolute atomic E-state index is 0.752. The van der Waals surface area contributed by atoms with Gasteiger partial charge in [0.25, 0.3) is 0 Å². The SMILES string of the molecule is CCN1CCC2(CCC(C)CC2)C1. The summed E-state index contributed by atoms with van der Waals surface area (Å²) >= 11 is 0. The Morgan fingerprint density at radius 2 is 1.92 bits per heavy atom. The maximum absolute atomic E-state index is 2.63. The molecule has 2 aliphatic rings. The largest absolute Gasteiger partial charge is 0.303 e. The summed E-state index contributed by atoms with van der Waals surface area (Å²) < 4.78 is 0. The predicted molar refractivity (Wildman–Crippen MR) is 56.8 cm³/mol. The van der Waals surface area contributed by atoms with Crippen LogP contribution in [0.5, 0.6) is 0 Å². The number of hydrogen-bond acceptors (Lipinski definition) is 1. The van der Waals surface area contributed by atoms with E-state index in [1.54, 1.807) is 0 Å². The highest BCUT2D eigenvalue weighted by atomic mass is 15.1. The number of hydrogen-bond donors (Lipinski definition) is 0. The van der Waals surface area contributed by atoms with Crippen molar-refractivity contribution in [2.45, 2.75) is 46.0 Å². The summed E-state index contributed by atoms with van der Waals surface area (Å²) in [4.78, 5) is 2.63. The molecule has 0 amide bonds. The summed E-state index contributed by atoms with van der Waals surface area (Å²) in [5.74, 6) is 1.00. The van der Waals surface area contributed by atoms with Crippen LogP contribution in [0, 0.1) is 11.3 Å². The summed E-state index contributed by atoms with van der Waals surface area (Å²) in [7, 11) is 0. The summed E-state index contributed by atoms with van der Waals surface area (Å²) in [5, 5.41) is 0. The molecule has 1 nitrogen and oxygen atoms in total. The van der Waals surface area contributed by atoms with E-state index in [4.69, 9.17) is 0 Å². The molecule has 2 fully saturated rings. The molecule has 1 heterocycles. The van der Waals surface area contributed by atoms with E-state index in [-0.39, 0.29) is 0 Å². The Bertz CT molecular complexity index is 168. The standard InChI is InChI=1S/C12H23N/c1-3-13-9-8-12(10-13)6-4-11(2)5-7-12/h11H,3-10H2,1-2H3. The van der Waals surface area contributed by atoms with Gasteiger partial charge in [-0.15, -0.1) is 0 Å². The van der Waals surface area contributed by atoms with Crippen molar-refractivity contribution in [1.82, 2.24) is 4.90 Å². The van der Waals surface area contributed by atoms with Crippen molar-refractivity contribution < 1.29 is 0 Å². The van der Waals surface area contributed by atoms with Gasteiger partial charge in [-0.2, -0.15) is 0 Å². The normalized spacial score (nSPS) is 41.5. The second-order valence-corrected chi connectivity index (χ2v) is 5.30. The zero-order valence-electron chi connectivity index (χ0n) is 9.18. The molecular weight excluding hydrogens is 158 g/mol. The summed E-state index contributed by atoms with van der Waals surface area (Å²) in [5.41, 5.74) is 0.752. The van der Waals surface area contributed by atoms with Crippen molar-refractivity contribution in [3.63, 3.8) is 0 Å². The highest BCUT2D eigenvalue weighted by Crippen LogP contribution is 2.45. The van der Waals surface area contributed by atoms with E-state index in [2.05, 4.69) is 18.7 Å². The van der Waals surface area contributed by atoms with Crippen molar-refractivity contribution in [2.24, 2.45) is 11.3 Å². The van der Waals surface area contributed by atoms with Crippen molar-refractivity contribution in [3.8, 4) is 0 Å². The summed E-state index contributed by atoms with van der Waals surface area (Å²) in [6.45, 7) is 8.74. The Hall–Kier alpha value is -0.0400. The molecule has 1 heteroatoms. The number of nitrogens with zero attached hydrogens (tertiary/aromatic N) is 1. The van der Waals surface area contributed by atoms with E-state index >= 15 is 0 Å². The van der Waals surface area contributed by atoms with Crippen LogP contribution in [0.15, 0.2) is 0 Å². The monoisotopic (exact) mass is 181 g/mol. The zero-order valence-corrected chi connectivity index (χ0v) is 9.18. The molecule has 1 spiro atoms. The molecule has 0 aromatic carbocycles. The fourth-order valence-electron chi connectivity index (χ4n) is 3.08. The third-order valence-electron chi connectivity index (χ3n) is 4.30. The molecule has 1 saturated carbocycles. The number of rotatable bonds is 1. The first-order valence-electron chi connectivity index (χ1n) is 5.96. The lowest BCUT2D eigenvalue weighted by molar-refractivity contribution is 0.158. The van der Waals surface area contributed by atoms with Crippen LogP contribution in [0.2, 0.25) is 0 Å². The molecule has 0 atom stereocenters. The van der Waals surface area contributed by atoms with Crippen molar-refractivity contribution in [2.75, 3.05) is 19.6 Å². The van der Waals surface area contributed by atoms with Gasteiger partial charge in [0.2, 0.25) is 0 Å². The van der Waals surface area contributed by atoms with Gasteiger partial charge in [-0.25, -0.2) is 0 Å². The minimum Gasteiger partial charge on any atom is -0.303 e. The lowest BCUT2D eigenvalue weighted by atomic mass is 9.70. The smallest absolute Gasteiger partial charge is 0.00383 e. The molecule has 0 N–H and O–H groups in total. The highest BCUT2D eigenvalue weighted by molar-refractivity contribution is 4.92. The minimum atomic E-state index is 0.752. The van der Waals surface area contributed by atoms with Crippen LogP contribution in [0.3, 0.4) is 0 Å². The molecular formula is C12H23N. The summed E-state index contributed by atoms with van der Waals surface area (Å²) in [6, 6.07) is 0. The van der Waals surface area contributed by atoms with Crippen LogP contribution in [0.4, 0.5) is 0 Å². The van der Waals surface area contributed by atoms with Crippen LogP contribution >= 0.6 is 0 Å². The Morgan fingerprint density at radius 1 is 1.23 bits per heavy atom. The fourth-order valence-corrected chi connectivity index (χ4v) is 3.08. The van der Waals surface area contributed by atoms with Gasteiger partial charge >= 0.3 is 0 Å². The molecule has 0 bridgehead atoms. The molecule has 76 valence electrons. The van der Waals surface area contributed by atoms with Crippen LogP contribution in [0.25, 0.3) is 0 Å². The zero-order chi connectivity index (χ0) is 9.31. The predicted octanol–water partition coefficient (Wildman–Crippen LogP) is 2.91. The highest BCUT2D eigenvalue weighted by Gasteiger charge is 2.39. The van der Waals surface area contributed by atoms with E-state index in [0.717, 1.165) is 11.3 Å². The van der Waals surface area contributed by atoms with E-state index in [1.165, 1.54) is 51.7 Å². The molecule has 1 aliphatic carbocycles. The van der Waals surface area contributed by atoms with Crippen molar-refractivity contribution in [1.29, 1.82) is 0 Å². The average molecular weight is 181 g/mol. The van der Waals surface area contributed by atoms with Gasteiger partial charge in [0.1, 0.15) is 0 Å². The van der Waals surface area contributed by atoms with E-state index < -0.39 is 0 Å². The Labute approximate surface area is 82.5 Å². The van der Waals surface area contributed by atoms with Gasteiger partial charge < -0.3 is 4.90 Å². The fraction of sp³-hybridized carbons (Fsp3) is 1.00. The van der Waals surface area contributed by atoms with Crippen LogP contribution < -0.4 is 0 Å². The Kier molecular flexibility index (Phi) is 2.64. The van der Waals surface area contributed by atoms with E-state index in [0.29, 0.717) is 0 Å². The third kappa shape index (κ3) is 1.90. The van der Waals surface area contributed by atoms with Gasteiger partial charge in [0.05, 0.1) is 0 Å². The maximum Gasteiger partial charge on any atom is 0.00383 e. The first kappa shape index (κ1) is 9.51. The molecule has 0 aromatic heterocycles. The molecule has 2 rings (SSSR count). The third-order valence-corrected chi connectivity index (χ3v) is 4.30. The van der Waals surface area contributed by atoms with Crippen LogP contribution in [-0.2, 0) is 0 Å². The van der Waals surface area contributed by atoms with Crippen LogP contribution in [0.1, 0.15) is 46.0 Å². The first-order chi connectivity index (χ1) is 6.24.